The number of ether oxygens (including phenoxy) is 1. The summed E-state index contributed by atoms with van der Waals surface area (Å²) in [6.07, 6.45) is 2.60. The largest absolute Gasteiger partial charge is 0.497 e. The minimum Gasteiger partial charge on any atom is -0.497 e. The van der Waals surface area contributed by atoms with E-state index < -0.39 is 0 Å². The van der Waals surface area contributed by atoms with Gasteiger partial charge in [0.2, 0.25) is 0 Å². The lowest BCUT2D eigenvalue weighted by atomic mass is 10.3. The van der Waals surface area contributed by atoms with Gasteiger partial charge in [0.15, 0.2) is 0 Å². The topological polar surface area (TPSA) is 59.1 Å². The highest BCUT2D eigenvalue weighted by Crippen LogP contribution is 2.20. The second-order valence-corrected chi connectivity index (χ2v) is 4.07. The number of nitrogens with one attached hydrogen (secondary N) is 2. The SMILES string of the molecule is CCCNc1cc(Nc2cccc(OC)c2)ncn1. The van der Waals surface area contributed by atoms with Crippen molar-refractivity contribution in [2.45, 2.75) is 13.3 Å². The fourth-order valence-electron chi connectivity index (χ4n) is 1.62. The highest BCUT2D eigenvalue weighted by Gasteiger charge is 2.00. The molecule has 2 rings (SSSR count). The van der Waals surface area contributed by atoms with Gasteiger partial charge in [0.05, 0.1) is 7.11 Å². The molecule has 0 unspecified atom stereocenters. The number of nitrogens with zero attached hydrogens (tertiary/aromatic N) is 2. The molecule has 0 saturated carbocycles. The van der Waals surface area contributed by atoms with Gasteiger partial charge in [-0.3, -0.25) is 0 Å². The average molecular weight is 258 g/mol. The van der Waals surface area contributed by atoms with Crippen LogP contribution in [0.3, 0.4) is 0 Å². The molecule has 0 aliphatic carbocycles. The predicted octanol–water partition coefficient (Wildman–Crippen LogP) is 3.05. The summed E-state index contributed by atoms with van der Waals surface area (Å²) < 4.78 is 5.18. The number of aromatic nitrogens is 2. The van der Waals surface area contributed by atoms with Crippen molar-refractivity contribution < 1.29 is 4.74 Å². The third-order valence-corrected chi connectivity index (χ3v) is 2.57. The Kier molecular flexibility index (Phi) is 4.55. The van der Waals surface area contributed by atoms with Crippen molar-refractivity contribution in [1.82, 2.24) is 9.97 Å². The molecular formula is C14H18N4O. The second kappa shape index (κ2) is 6.58. The van der Waals surface area contributed by atoms with E-state index in [1.807, 2.05) is 30.3 Å². The van der Waals surface area contributed by atoms with Crippen LogP contribution in [0.25, 0.3) is 0 Å². The van der Waals surface area contributed by atoms with Gasteiger partial charge in [-0.05, 0) is 18.6 Å². The van der Waals surface area contributed by atoms with E-state index in [0.717, 1.165) is 36.0 Å². The number of hydrogen-bond donors (Lipinski definition) is 2. The Labute approximate surface area is 113 Å². The summed E-state index contributed by atoms with van der Waals surface area (Å²) in [6.45, 7) is 3.01. The molecule has 5 nitrogen and oxygen atoms in total. The maximum absolute atomic E-state index is 5.18. The fraction of sp³-hybridized carbons (Fsp3) is 0.286. The molecule has 1 heterocycles. The Balaban J connectivity index is 2.09. The Morgan fingerprint density at radius 2 is 2.00 bits per heavy atom. The van der Waals surface area contributed by atoms with Gasteiger partial charge in [0, 0.05) is 24.4 Å². The van der Waals surface area contributed by atoms with Crippen molar-refractivity contribution in [1.29, 1.82) is 0 Å². The molecule has 2 aromatic rings. The van der Waals surface area contributed by atoms with Crippen LogP contribution in [0.15, 0.2) is 36.7 Å². The van der Waals surface area contributed by atoms with Gasteiger partial charge < -0.3 is 15.4 Å². The predicted molar refractivity (Wildman–Crippen MR) is 77.1 cm³/mol. The van der Waals surface area contributed by atoms with Crippen molar-refractivity contribution in [3.8, 4) is 5.75 Å². The Morgan fingerprint density at radius 3 is 2.79 bits per heavy atom. The molecule has 2 N–H and O–H groups in total. The fourth-order valence-corrected chi connectivity index (χ4v) is 1.62. The minimum absolute atomic E-state index is 0.752. The molecular weight excluding hydrogens is 240 g/mol. The van der Waals surface area contributed by atoms with Gasteiger partial charge in [0.25, 0.3) is 0 Å². The van der Waals surface area contributed by atoms with Crippen LogP contribution < -0.4 is 15.4 Å². The summed E-state index contributed by atoms with van der Waals surface area (Å²) in [6, 6.07) is 9.60. The first-order valence-electron chi connectivity index (χ1n) is 6.29. The molecule has 0 saturated heterocycles. The van der Waals surface area contributed by atoms with E-state index in [0.29, 0.717) is 0 Å². The maximum atomic E-state index is 5.18. The first-order chi connectivity index (χ1) is 9.31. The van der Waals surface area contributed by atoms with Crippen molar-refractivity contribution >= 4 is 17.3 Å². The zero-order valence-electron chi connectivity index (χ0n) is 11.2. The summed E-state index contributed by atoms with van der Waals surface area (Å²) in [5.41, 5.74) is 0.930. The van der Waals surface area contributed by atoms with Gasteiger partial charge in [-0.25, -0.2) is 9.97 Å². The molecule has 1 aromatic heterocycles. The Bertz CT molecular complexity index is 530. The van der Waals surface area contributed by atoms with Gasteiger partial charge in [-0.15, -0.1) is 0 Å². The van der Waals surface area contributed by atoms with E-state index in [1.165, 1.54) is 0 Å². The van der Waals surface area contributed by atoms with Crippen LogP contribution in [0.4, 0.5) is 17.3 Å². The summed E-state index contributed by atoms with van der Waals surface area (Å²) >= 11 is 0. The summed E-state index contributed by atoms with van der Waals surface area (Å²) in [5.74, 6) is 2.38. The Morgan fingerprint density at radius 1 is 1.16 bits per heavy atom. The van der Waals surface area contributed by atoms with Crippen LogP contribution >= 0.6 is 0 Å². The molecule has 1 aromatic carbocycles. The van der Waals surface area contributed by atoms with E-state index in [2.05, 4.69) is 27.5 Å². The lowest BCUT2D eigenvalue weighted by molar-refractivity contribution is 0.415. The number of hydrogen-bond acceptors (Lipinski definition) is 5. The standard InChI is InChI=1S/C14H18N4O/c1-3-7-15-13-9-14(17-10-16-13)18-11-5-4-6-12(8-11)19-2/h4-6,8-10H,3,7H2,1-2H3,(H2,15,16,17,18). The minimum atomic E-state index is 0.752. The third-order valence-electron chi connectivity index (χ3n) is 2.57. The van der Waals surface area contributed by atoms with Crippen molar-refractivity contribution in [2.24, 2.45) is 0 Å². The molecule has 0 atom stereocenters. The molecule has 19 heavy (non-hydrogen) atoms. The number of benzene rings is 1. The van der Waals surface area contributed by atoms with Gasteiger partial charge in [-0.2, -0.15) is 0 Å². The van der Waals surface area contributed by atoms with Gasteiger partial charge in [-0.1, -0.05) is 13.0 Å². The van der Waals surface area contributed by atoms with Gasteiger partial charge in [0.1, 0.15) is 23.7 Å². The molecule has 0 spiro atoms. The number of anilines is 3. The van der Waals surface area contributed by atoms with Crippen LogP contribution in [0, 0.1) is 0 Å². The van der Waals surface area contributed by atoms with E-state index in [1.54, 1.807) is 13.4 Å². The normalized spacial score (nSPS) is 10.0. The molecule has 0 fully saturated rings. The van der Waals surface area contributed by atoms with Crippen LogP contribution in [0.1, 0.15) is 13.3 Å². The highest BCUT2D eigenvalue weighted by molar-refractivity contribution is 5.60. The van der Waals surface area contributed by atoms with E-state index in [-0.39, 0.29) is 0 Å². The van der Waals surface area contributed by atoms with Crippen LogP contribution in [-0.4, -0.2) is 23.6 Å². The lowest BCUT2D eigenvalue weighted by Crippen LogP contribution is -2.03. The van der Waals surface area contributed by atoms with E-state index in [4.69, 9.17) is 4.74 Å². The summed E-state index contributed by atoms with van der Waals surface area (Å²) in [7, 11) is 1.65. The third kappa shape index (κ3) is 3.84. The maximum Gasteiger partial charge on any atom is 0.135 e. The van der Waals surface area contributed by atoms with E-state index >= 15 is 0 Å². The molecule has 0 aliphatic rings. The summed E-state index contributed by atoms with van der Waals surface area (Å²) in [5, 5.41) is 6.45. The Hall–Kier alpha value is -2.30. The molecule has 0 radical (unpaired) electrons. The van der Waals surface area contributed by atoms with Crippen LogP contribution in [0.2, 0.25) is 0 Å². The summed E-state index contributed by atoms with van der Waals surface area (Å²) in [4.78, 5) is 8.36. The lowest BCUT2D eigenvalue weighted by Gasteiger charge is -2.09. The average Bonchev–Trinajstić information content (AvgIpc) is 2.46. The highest BCUT2D eigenvalue weighted by atomic mass is 16.5. The molecule has 0 aliphatic heterocycles. The van der Waals surface area contributed by atoms with Crippen molar-refractivity contribution in [2.75, 3.05) is 24.3 Å². The quantitative estimate of drug-likeness (QED) is 0.834. The molecule has 0 bridgehead atoms. The number of rotatable bonds is 6. The van der Waals surface area contributed by atoms with Gasteiger partial charge >= 0.3 is 0 Å². The molecule has 100 valence electrons. The molecule has 0 amide bonds. The van der Waals surface area contributed by atoms with Crippen LogP contribution in [-0.2, 0) is 0 Å². The molecule has 5 heteroatoms. The second-order valence-electron chi connectivity index (χ2n) is 4.07. The number of methoxy groups -OCH3 is 1. The monoisotopic (exact) mass is 258 g/mol. The van der Waals surface area contributed by atoms with Crippen molar-refractivity contribution in [3.63, 3.8) is 0 Å². The first kappa shape index (κ1) is 13.1. The van der Waals surface area contributed by atoms with Crippen molar-refractivity contribution in [3.05, 3.63) is 36.7 Å². The van der Waals surface area contributed by atoms with E-state index in [9.17, 15) is 0 Å². The smallest absolute Gasteiger partial charge is 0.135 e. The zero-order valence-corrected chi connectivity index (χ0v) is 11.2. The van der Waals surface area contributed by atoms with Crippen LogP contribution in [0.5, 0.6) is 5.75 Å². The first-order valence-corrected chi connectivity index (χ1v) is 6.29. The zero-order chi connectivity index (χ0) is 13.5.